The van der Waals surface area contributed by atoms with Crippen molar-refractivity contribution in [2.75, 3.05) is 20.3 Å². The highest BCUT2D eigenvalue weighted by molar-refractivity contribution is 5.92. The van der Waals surface area contributed by atoms with Gasteiger partial charge in [0.15, 0.2) is 6.04 Å². The maximum atomic E-state index is 12.3. The predicted octanol–water partition coefficient (Wildman–Crippen LogP) is -0.326. The van der Waals surface area contributed by atoms with Gasteiger partial charge in [0, 0.05) is 12.0 Å². The third kappa shape index (κ3) is 4.17. The second kappa shape index (κ2) is 6.89. The molecular weight excluding hydrogens is 276 g/mol. The smallest absolute Gasteiger partial charge is 0.330 e. The first-order valence-electron chi connectivity index (χ1n) is 7.02. The molecule has 0 saturated carbocycles. The highest BCUT2D eigenvalue weighted by atomic mass is 16.5. The van der Waals surface area contributed by atoms with Gasteiger partial charge in [-0.2, -0.15) is 0 Å². The first-order valence-corrected chi connectivity index (χ1v) is 7.02. The zero-order valence-corrected chi connectivity index (χ0v) is 13.0. The SMILES string of the molecule is COC(=O)C(CO)NC(=O)C1CCCN1C(=O)C(C)(C)C. The number of hydrogen-bond acceptors (Lipinski definition) is 5. The van der Waals surface area contributed by atoms with Crippen molar-refractivity contribution < 1.29 is 24.2 Å². The quantitative estimate of drug-likeness (QED) is 0.693. The van der Waals surface area contributed by atoms with E-state index in [0.29, 0.717) is 13.0 Å². The zero-order chi connectivity index (χ0) is 16.2. The summed E-state index contributed by atoms with van der Waals surface area (Å²) in [5, 5.41) is 11.6. The topological polar surface area (TPSA) is 95.9 Å². The van der Waals surface area contributed by atoms with Gasteiger partial charge < -0.3 is 20.1 Å². The molecular formula is C14H24N2O5. The van der Waals surface area contributed by atoms with Gasteiger partial charge >= 0.3 is 5.97 Å². The van der Waals surface area contributed by atoms with E-state index in [2.05, 4.69) is 10.1 Å². The Balaban J connectivity index is 2.77. The fourth-order valence-electron chi connectivity index (χ4n) is 2.30. The van der Waals surface area contributed by atoms with E-state index in [1.54, 1.807) is 25.7 Å². The molecule has 2 N–H and O–H groups in total. The number of rotatable bonds is 4. The molecule has 0 bridgehead atoms. The van der Waals surface area contributed by atoms with E-state index in [1.165, 1.54) is 7.11 Å². The molecule has 1 fully saturated rings. The molecule has 21 heavy (non-hydrogen) atoms. The summed E-state index contributed by atoms with van der Waals surface area (Å²) in [5.74, 6) is -1.24. The van der Waals surface area contributed by atoms with Crippen LogP contribution < -0.4 is 5.32 Å². The normalized spacial score (nSPS) is 20.0. The van der Waals surface area contributed by atoms with Gasteiger partial charge in [0.05, 0.1) is 13.7 Å². The summed E-state index contributed by atoms with van der Waals surface area (Å²) < 4.78 is 4.50. The van der Waals surface area contributed by atoms with E-state index in [1.807, 2.05) is 0 Å². The van der Waals surface area contributed by atoms with Gasteiger partial charge in [0.1, 0.15) is 6.04 Å². The molecule has 1 saturated heterocycles. The molecule has 1 aliphatic heterocycles. The number of aliphatic hydroxyl groups excluding tert-OH is 1. The van der Waals surface area contributed by atoms with Crippen LogP contribution in [0.1, 0.15) is 33.6 Å². The molecule has 1 aliphatic rings. The van der Waals surface area contributed by atoms with Gasteiger partial charge in [-0.05, 0) is 12.8 Å². The lowest BCUT2D eigenvalue weighted by Gasteiger charge is -2.30. The molecule has 7 nitrogen and oxygen atoms in total. The molecule has 1 rings (SSSR count). The Bertz CT molecular complexity index is 416. The van der Waals surface area contributed by atoms with Crippen molar-refractivity contribution in [1.82, 2.24) is 10.2 Å². The van der Waals surface area contributed by atoms with Crippen LogP contribution in [0.25, 0.3) is 0 Å². The zero-order valence-electron chi connectivity index (χ0n) is 13.0. The van der Waals surface area contributed by atoms with E-state index in [-0.39, 0.29) is 5.91 Å². The molecule has 1 heterocycles. The fraction of sp³-hybridized carbons (Fsp3) is 0.786. The Labute approximate surface area is 124 Å². The summed E-state index contributed by atoms with van der Waals surface area (Å²) in [6.07, 6.45) is 1.29. The maximum Gasteiger partial charge on any atom is 0.330 e. The van der Waals surface area contributed by atoms with Crippen molar-refractivity contribution in [2.45, 2.75) is 45.7 Å². The molecule has 0 aromatic heterocycles. The highest BCUT2D eigenvalue weighted by Crippen LogP contribution is 2.25. The Morgan fingerprint density at radius 1 is 1.38 bits per heavy atom. The predicted molar refractivity (Wildman–Crippen MR) is 75.2 cm³/mol. The third-order valence-electron chi connectivity index (χ3n) is 3.44. The number of carbonyl (C=O) groups excluding carboxylic acids is 3. The van der Waals surface area contributed by atoms with Gasteiger partial charge in [0.2, 0.25) is 11.8 Å². The van der Waals surface area contributed by atoms with E-state index in [4.69, 9.17) is 5.11 Å². The van der Waals surface area contributed by atoms with Crippen LogP contribution in [-0.4, -0.2) is 60.1 Å². The highest BCUT2D eigenvalue weighted by Gasteiger charge is 2.39. The average Bonchev–Trinajstić information content (AvgIpc) is 2.90. The lowest BCUT2D eigenvalue weighted by molar-refractivity contribution is -0.148. The van der Waals surface area contributed by atoms with Gasteiger partial charge in [-0.3, -0.25) is 9.59 Å². The summed E-state index contributed by atoms with van der Waals surface area (Å²) in [7, 11) is 1.18. The molecule has 120 valence electrons. The number of ether oxygens (including phenoxy) is 1. The minimum absolute atomic E-state index is 0.0984. The van der Waals surface area contributed by atoms with Crippen molar-refractivity contribution in [2.24, 2.45) is 5.41 Å². The number of likely N-dealkylation sites (tertiary alicyclic amines) is 1. The Kier molecular flexibility index (Phi) is 5.71. The number of aliphatic hydroxyl groups is 1. The largest absolute Gasteiger partial charge is 0.467 e. The minimum Gasteiger partial charge on any atom is -0.467 e. The van der Waals surface area contributed by atoms with Crippen LogP contribution in [0.3, 0.4) is 0 Å². The number of amides is 2. The minimum atomic E-state index is -1.10. The number of nitrogens with one attached hydrogen (secondary N) is 1. The Morgan fingerprint density at radius 3 is 2.48 bits per heavy atom. The van der Waals surface area contributed by atoms with E-state index in [9.17, 15) is 14.4 Å². The van der Waals surface area contributed by atoms with Crippen molar-refractivity contribution in [3.05, 3.63) is 0 Å². The van der Waals surface area contributed by atoms with Crippen LogP contribution in [0.5, 0.6) is 0 Å². The van der Waals surface area contributed by atoms with Crippen LogP contribution in [0.4, 0.5) is 0 Å². The lowest BCUT2D eigenvalue weighted by atomic mass is 9.94. The summed E-state index contributed by atoms with van der Waals surface area (Å²) in [6, 6.07) is -1.70. The Morgan fingerprint density at radius 2 is 2.00 bits per heavy atom. The second-order valence-electron chi connectivity index (χ2n) is 6.17. The fourth-order valence-corrected chi connectivity index (χ4v) is 2.30. The van der Waals surface area contributed by atoms with E-state index >= 15 is 0 Å². The first-order chi connectivity index (χ1) is 9.72. The van der Waals surface area contributed by atoms with Crippen molar-refractivity contribution in [3.63, 3.8) is 0 Å². The number of carbonyl (C=O) groups is 3. The van der Waals surface area contributed by atoms with E-state index in [0.717, 1.165) is 6.42 Å². The summed E-state index contributed by atoms with van der Waals surface area (Å²) in [4.78, 5) is 37.5. The third-order valence-corrected chi connectivity index (χ3v) is 3.44. The molecule has 2 amide bonds. The van der Waals surface area contributed by atoms with Crippen molar-refractivity contribution >= 4 is 17.8 Å². The monoisotopic (exact) mass is 300 g/mol. The van der Waals surface area contributed by atoms with Crippen LogP contribution >= 0.6 is 0 Å². The van der Waals surface area contributed by atoms with Crippen LogP contribution in [0, 0.1) is 5.41 Å². The van der Waals surface area contributed by atoms with E-state index < -0.39 is 36.0 Å². The van der Waals surface area contributed by atoms with Gasteiger partial charge in [-0.25, -0.2) is 4.79 Å². The van der Waals surface area contributed by atoms with Crippen LogP contribution in [0.15, 0.2) is 0 Å². The second-order valence-corrected chi connectivity index (χ2v) is 6.17. The molecule has 7 heteroatoms. The summed E-state index contributed by atoms with van der Waals surface area (Å²) in [5.41, 5.74) is -0.568. The summed E-state index contributed by atoms with van der Waals surface area (Å²) >= 11 is 0. The first kappa shape index (κ1) is 17.4. The van der Waals surface area contributed by atoms with Gasteiger partial charge in [-0.1, -0.05) is 20.8 Å². The van der Waals surface area contributed by atoms with Crippen LogP contribution in [0.2, 0.25) is 0 Å². The number of hydrogen-bond donors (Lipinski definition) is 2. The molecule has 0 aromatic rings. The molecule has 2 atom stereocenters. The molecule has 0 radical (unpaired) electrons. The molecule has 0 spiro atoms. The number of methoxy groups -OCH3 is 1. The number of nitrogens with zero attached hydrogens (tertiary/aromatic N) is 1. The average molecular weight is 300 g/mol. The summed E-state index contributed by atoms with van der Waals surface area (Å²) in [6.45, 7) is 5.38. The van der Waals surface area contributed by atoms with Crippen molar-refractivity contribution in [3.8, 4) is 0 Å². The molecule has 0 aromatic carbocycles. The Hall–Kier alpha value is -1.63. The maximum absolute atomic E-state index is 12.3. The van der Waals surface area contributed by atoms with Crippen LogP contribution in [-0.2, 0) is 19.1 Å². The standard InChI is InChI=1S/C14H24N2O5/c1-14(2,3)13(20)16-7-5-6-10(16)11(18)15-9(8-17)12(19)21-4/h9-10,17H,5-8H2,1-4H3,(H,15,18). The lowest BCUT2D eigenvalue weighted by Crippen LogP contribution is -2.53. The van der Waals surface area contributed by atoms with Crippen molar-refractivity contribution in [1.29, 1.82) is 0 Å². The number of esters is 1. The molecule has 0 aliphatic carbocycles. The molecule has 2 unspecified atom stereocenters. The van der Waals surface area contributed by atoms with Gasteiger partial charge in [0.25, 0.3) is 0 Å². The van der Waals surface area contributed by atoms with Gasteiger partial charge in [-0.15, -0.1) is 0 Å².